The second kappa shape index (κ2) is 10.7. The molecule has 1 unspecified atom stereocenters. The fourth-order valence-corrected chi connectivity index (χ4v) is 5.82. The van der Waals surface area contributed by atoms with Crippen LogP contribution < -0.4 is 0 Å². The molecule has 0 aliphatic rings. The molecule has 0 saturated heterocycles. The molecule has 5 heteroatoms. The van der Waals surface area contributed by atoms with Crippen molar-refractivity contribution in [2.24, 2.45) is 0 Å². The molecule has 144 valence electrons. The zero-order valence-electron chi connectivity index (χ0n) is 16.8. The highest BCUT2D eigenvalue weighted by atomic mass is 28.4. The van der Waals surface area contributed by atoms with Gasteiger partial charge in [0, 0.05) is 18.9 Å². The molecule has 0 amide bonds. The summed E-state index contributed by atoms with van der Waals surface area (Å²) >= 11 is 0. The molecular formula is C21H34N2O2Si. The number of ether oxygens (including phenoxy) is 1. The third-order valence-electron chi connectivity index (χ3n) is 5.25. The number of unbranched alkanes of at least 4 members (excludes halogenated alkanes) is 1. The summed E-state index contributed by atoms with van der Waals surface area (Å²) in [6, 6.07) is 13.6. The zero-order valence-corrected chi connectivity index (χ0v) is 17.8. The highest BCUT2D eigenvalue weighted by Crippen LogP contribution is 2.30. The van der Waals surface area contributed by atoms with Gasteiger partial charge in [0.05, 0.1) is 6.61 Å². The number of nitrogens with zero attached hydrogens (tertiary/aromatic N) is 2. The molecular weight excluding hydrogens is 340 g/mol. The van der Waals surface area contributed by atoms with Crippen molar-refractivity contribution < 1.29 is 9.16 Å². The molecule has 0 saturated carbocycles. The normalized spacial score (nSPS) is 13.1. The van der Waals surface area contributed by atoms with Crippen LogP contribution in [0.2, 0.25) is 18.1 Å². The van der Waals surface area contributed by atoms with E-state index in [1.807, 2.05) is 30.6 Å². The van der Waals surface area contributed by atoms with Crippen LogP contribution >= 0.6 is 0 Å². The number of aromatic nitrogens is 2. The summed E-state index contributed by atoms with van der Waals surface area (Å²) in [6.07, 6.45) is 5.80. The number of aryl methyl sites for hydroxylation is 1. The lowest BCUT2D eigenvalue weighted by Gasteiger charge is -2.33. The minimum Gasteiger partial charge on any atom is -0.387 e. The Bertz CT molecular complexity index is 618. The maximum atomic E-state index is 6.71. The Kier molecular flexibility index (Phi) is 8.55. The van der Waals surface area contributed by atoms with Crippen molar-refractivity contribution in [2.45, 2.75) is 78.1 Å². The molecule has 0 radical (unpaired) electrons. The van der Waals surface area contributed by atoms with Gasteiger partial charge in [-0.1, -0.05) is 64.4 Å². The fraction of sp³-hybridized carbons (Fsp3) is 0.571. The highest BCUT2D eigenvalue weighted by Gasteiger charge is 2.34. The molecule has 1 atom stereocenters. The van der Waals surface area contributed by atoms with Crippen LogP contribution in [0.25, 0.3) is 0 Å². The number of rotatable bonds is 12. The SMILES string of the molecule is CCCCn1ccnc1C(OCc1ccccc1)O[Si](CC)(CC)CC. The minimum atomic E-state index is -1.81. The lowest BCUT2D eigenvalue weighted by Crippen LogP contribution is -2.38. The Morgan fingerprint density at radius 2 is 1.73 bits per heavy atom. The minimum absolute atomic E-state index is 0.395. The van der Waals surface area contributed by atoms with E-state index in [0.717, 1.165) is 48.9 Å². The van der Waals surface area contributed by atoms with Gasteiger partial charge < -0.3 is 13.7 Å². The van der Waals surface area contributed by atoms with Crippen LogP contribution in [-0.2, 0) is 22.3 Å². The summed E-state index contributed by atoms with van der Waals surface area (Å²) in [5, 5.41) is 0. The lowest BCUT2D eigenvalue weighted by atomic mass is 10.2. The summed E-state index contributed by atoms with van der Waals surface area (Å²) < 4.78 is 15.2. The van der Waals surface area contributed by atoms with Gasteiger partial charge in [0.2, 0.25) is 6.29 Å². The van der Waals surface area contributed by atoms with Crippen molar-refractivity contribution in [3.05, 3.63) is 54.1 Å². The molecule has 1 aromatic heterocycles. The quantitative estimate of drug-likeness (QED) is 0.342. The molecule has 0 spiro atoms. The molecule has 1 aromatic carbocycles. The second-order valence-corrected chi connectivity index (χ2v) is 11.5. The first kappa shape index (κ1) is 20.9. The van der Waals surface area contributed by atoms with Gasteiger partial charge in [0.25, 0.3) is 0 Å². The van der Waals surface area contributed by atoms with Crippen molar-refractivity contribution in [1.82, 2.24) is 9.55 Å². The Hall–Kier alpha value is -1.43. The van der Waals surface area contributed by atoms with Gasteiger partial charge in [0.15, 0.2) is 14.1 Å². The van der Waals surface area contributed by atoms with E-state index >= 15 is 0 Å². The summed E-state index contributed by atoms with van der Waals surface area (Å²) in [7, 11) is -1.81. The van der Waals surface area contributed by atoms with Crippen LogP contribution in [0, 0.1) is 0 Å². The van der Waals surface area contributed by atoms with Crippen LogP contribution in [0.1, 0.15) is 58.2 Å². The van der Waals surface area contributed by atoms with E-state index in [1.165, 1.54) is 0 Å². The predicted molar refractivity (Wildman–Crippen MR) is 109 cm³/mol. The van der Waals surface area contributed by atoms with Crippen LogP contribution in [0.15, 0.2) is 42.7 Å². The molecule has 0 aliphatic heterocycles. The largest absolute Gasteiger partial charge is 0.387 e. The number of benzene rings is 1. The smallest absolute Gasteiger partial charge is 0.208 e. The maximum absolute atomic E-state index is 6.71. The number of imidazole rings is 1. The first-order valence-corrected chi connectivity index (χ1v) is 12.5. The molecule has 0 N–H and O–H groups in total. The van der Waals surface area contributed by atoms with E-state index in [4.69, 9.17) is 9.16 Å². The van der Waals surface area contributed by atoms with E-state index in [9.17, 15) is 0 Å². The highest BCUT2D eigenvalue weighted by molar-refractivity contribution is 6.73. The van der Waals surface area contributed by atoms with Gasteiger partial charge >= 0.3 is 0 Å². The summed E-state index contributed by atoms with van der Waals surface area (Å²) in [4.78, 5) is 4.60. The third kappa shape index (κ3) is 5.53. The lowest BCUT2D eigenvalue weighted by molar-refractivity contribution is -0.107. The molecule has 0 fully saturated rings. The Labute approximate surface area is 159 Å². The van der Waals surface area contributed by atoms with Gasteiger partial charge in [-0.15, -0.1) is 0 Å². The first-order valence-electron chi connectivity index (χ1n) is 10.0. The summed E-state index contributed by atoms with van der Waals surface area (Å²) in [6.45, 7) is 10.4. The molecule has 0 aliphatic carbocycles. The molecule has 0 bridgehead atoms. The van der Waals surface area contributed by atoms with E-state index in [1.54, 1.807) is 0 Å². The predicted octanol–water partition coefficient (Wildman–Crippen LogP) is 5.92. The Balaban J connectivity index is 2.21. The molecule has 26 heavy (non-hydrogen) atoms. The second-order valence-electron chi connectivity index (χ2n) is 6.82. The van der Waals surface area contributed by atoms with Gasteiger partial charge in [-0.3, -0.25) is 0 Å². The fourth-order valence-electron chi connectivity index (χ4n) is 3.19. The van der Waals surface area contributed by atoms with Crippen molar-refractivity contribution in [3.8, 4) is 0 Å². The van der Waals surface area contributed by atoms with E-state index in [0.29, 0.717) is 6.61 Å². The topological polar surface area (TPSA) is 36.3 Å². The van der Waals surface area contributed by atoms with Crippen LogP contribution in [0.5, 0.6) is 0 Å². The van der Waals surface area contributed by atoms with Crippen molar-refractivity contribution >= 4 is 8.32 Å². The Morgan fingerprint density at radius 3 is 2.35 bits per heavy atom. The molecule has 2 rings (SSSR count). The Morgan fingerprint density at radius 1 is 1.04 bits per heavy atom. The van der Waals surface area contributed by atoms with Gasteiger partial charge in [-0.05, 0) is 30.1 Å². The van der Waals surface area contributed by atoms with E-state index < -0.39 is 14.6 Å². The van der Waals surface area contributed by atoms with E-state index in [-0.39, 0.29) is 0 Å². The number of hydrogen-bond donors (Lipinski definition) is 0. The average Bonchev–Trinajstić information content (AvgIpc) is 3.16. The van der Waals surface area contributed by atoms with E-state index in [2.05, 4.69) is 49.4 Å². The van der Waals surface area contributed by atoms with Gasteiger partial charge in [-0.25, -0.2) is 4.98 Å². The zero-order chi connectivity index (χ0) is 18.8. The summed E-state index contributed by atoms with van der Waals surface area (Å²) in [5.74, 6) is 0.904. The molecule has 2 aromatic rings. The first-order chi connectivity index (χ1) is 12.7. The van der Waals surface area contributed by atoms with Gasteiger partial charge in [0.1, 0.15) is 0 Å². The van der Waals surface area contributed by atoms with Gasteiger partial charge in [-0.2, -0.15) is 0 Å². The molecule has 1 heterocycles. The van der Waals surface area contributed by atoms with Crippen molar-refractivity contribution in [1.29, 1.82) is 0 Å². The standard InChI is InChI=1S/C21H34N2O2Si/c1-5-9-16-23-17-15-22-20(23)21(25-26(6-2,7-3)8-4)24-18-19-13-11-10-12-14-19/h10-15,17,21H,5-9,16,18H2,1-4H3. The monoisotopic (exact) mass is 374 g/mol. The van der Waals surface area contributed by atoms with Crippen LogP contribution in [-0.4, -0.2) is 17.9 Å². The van der Waals surface area contributed by atoms with Crippen LogP contribution in [0.3, 0.4) is 0 Å². The summed E-state index contributed by atoms with van der Waals surface area (Å²) in [5.41, 5.74) is 1.16. The van der Waals surface area contributed by atoms with Crippen molar-refractivity contribution in [2.75, 3.05) is 0 Å². The van der Waals surface area contributed by atoms with Crippen LogP contribution in [0.4, 0.5) is 0 Å². The molecule has 4 nitrogen and oxygen atoms in total. The third-order valence-corrected chi connectivity index (χ3v) is 9.83. The maximum Gasteiger partial charge on any atom is 0.208 e. The van der Waals surface area contributed by atoms with Crippen molar-refractivity contribution in [3.63, 3.8) is 0 Å². The number of hydrogen-bond acceptors (Lipinski definition) is 3. The average molecular weight is 375 g/mol.